The summed E-state index contributed by atoms with van der Waals surface area (Å²) >= 11 is 0. The van der Waals surface area contributed by atoms with Gasteiger partial charge in [-0.05, 0) is 50.5 Å². The van der Waals surface area contributed by atoms with Crippen molar-refractivity contribution in [2.24, 2.45) is 5.41 Å². The zero-order valence-electron chi connectivity index (χ0n) is 10.4. The number of rotatable bonds is 1. The molecule has 3 rings (SSSR count). The smallest absolute Gasteiger partial charge is 0.0946 e. The highest BCUT2D eigenvalue weighted by Crippen LogP contribution is 2.56. The third-order valence-electron chi connectivity index (χ3n) is 4.99. The Morgan fingerprint density at radius 2 is 1.82 bits per heavy atom. The first kappa shape index (κ1) is 11.5. The van der Waals surface area contributed by atoms with Crippen LogP contribution in [0.5, 0.6) is 0 Å². The molecule has 2 fully saturated rings. The molecule has 0 aromatic heterocycles. The van der Waals surface area contributed by atoms with Gasteiger partial charge in [-0.25, -0.2) is 0 Å². The average Bonchev–Trinajstić information content (AvgIpc) is 2.70. The first-order chi connectivity index (χ1) is 8.27. The summed E-state index contributed by atoms with van der Waals surface area (Å²) in [6, 6.07) is 0. The summed E-state index contributed by atoms with van der Waals surface area (Å²) in [7, 11) is 0. The fourth-order valence-corrected chi connectivity index (χ4v) is 3.95. The van der Waals surface area contributed by atoms with E-state index in [4.69, 9.17) is 9.47 Å². The lowest BCUT2D eigenvalue weighted by atomic mass is 9.65. The van der Waals surface area contributed by atoms with Gasteiger partial charge in [-0.1, -0.05) is 0 Å². The Labute approximate surface area is 103 Å². The van der Waals surface area contributed by atoms with E-state index in [9.17, 15) is 5.11 Å². The van der Waals surface area contributed by atoms with Gasteiger partial charge in [0.1, 0.15) is 0 Å². The molecule has 3 heteroatoms. The van der Waals surface area contributed by atoms with Crippen molar-refractivity contribution in [2.45, 2.75) is 50.5 Å². The third kappa shape index (κ3) is 1.71. The van der Waals surface area contributed by atoms with Crippen molar-refractivity contribution in [2.75, 3.05) is 19.8 Å². The summed E-state index contributed by atoms with van der Waals surface area (Å²) in [4.78, 5) is 0. The lowest BCUT2D eigenvalue weighted by Crippen LogP contribution is -2.49. The minimum Gasteiger partial charge on any atom is -0.501 e. The Hall–Kier alpha value is -0.540. The molecule has 3 aliphatic rings. The normalized spacial score (nSPS) is 36.6. The van der Waals surface area contributed by atoms with Gasteiger partial charge in [0.05, 0.1) is 18.5 Å². The van der Waals surface area contributed by atoms with Crippen LogP contribution in [0.4, 0.5) is 0 Å². The van der Waals surface area contributed by atoms with Crippen molar-refractivity contribution in [3.8, 4) is 0 Å². The topological polar surface area (TPSA) is 38.7 Å². The third-order valence-corrected chi connectivity index (χ3v) is 4.99. The molecule has 1 unspecified atom stereocenters. The maximum atomic E-state index is 11.2. The van der Waals surface area contributed by atoms with Gasteiger partial charge in [-0.3, -0.25) is 0 Å². The number of hydrogen-bond donors (Lipinski definition) is 1. The molecular formula is C14H22O3. The average molecular weight is 238 g/mol. The van der Waals surface area contributed by atoms with Gasteiger partial charge in [-0.15, -0.1) is 0 Å². The second-order valence-electron chi connectivity index (χ2n) is 5.72. The van der Waals surface area contributed by atoms with Crippen LogP contribution in [0.1, 0.15) is 44.9 Å². The zero-order valence-corrected chi connectivity index (χ0v) is 10.4. The van der Waals surface area contributed by atoms with Gasteiger partial charge < -0.3 is 14.6 Å². The molecule has 1 saturated carbocycles. The number of ether oxygens (including phenoxy) is 2. The SMILES string of the molecule is OC1(C2=COCCC2)CCCC12CCOCC2. The van der Waals surface area contributed by atoms with Crippen LogP contribution < -0.4 is 0 Å². The van der Waals surface area contributed by atoms with Gasteiger partial charge in [0.2, 0.25) is 0 Å². The molecule has 0 aromatic carbocycles. The lowest BCUT2D eigenvalue weighted by molar-refractivity contribution is -0.0956. The minimum absolute atomic E-state index is 0.0672. The molecule has 1 spiro atoms. The van der Waals surface area contributed by atoms with Gasteiger partial charge in [0.25, 0.3) is 0 Å². The molecular weight excluding hydrogens is 216 g/mol. The van der Waals surface area contributed by atoms with Gasteiger partial charge in [-0.2, -0.15) is 0 Å². The molecule has 2 heterocycles. The maximum absolute atomic E-state index is 11.2. The highest BCUT2D eigenvalue weighted by Gasteiger charge is 2.56. The Morgan fingerprint density at radius 1 is 1.00 bits per heavy atom. The van der Waals surface area contributed by atoms with E-state index in [0.29, 0.717) is 0 Å². The van der Waals surface area contributed by atoms with Crippen LogP contribution >= 0.6 is 0 Å². The molecule has 0 aromatic rings. The molecule has 3 nitrogen and oxygen atoms in total. The van der Waals surface area contributed by atoms with E-state index in [0.717, 1.165) is 70.3 Å². The van der Waals surface area contributed by atoms with E-state index < -0.39 is 5.60 Å². The van der Waals surface area contributed by atoms with Crippen LogP contribution in [-0.2, 0) is 9.47 Å². The Kier molecular flexibility index (Phi) is 2.91. The zero-order chi connectivity index (χ0) is 11.8. The summed E-state index contributed by atoms with van der Waals surface area (Å²) in [5.74, 6) is 0. The quantitative estimate of drug-likeness (QED) is 0.762. The first-order valence-electron chi connectivity index (χ1n) is 6.88. The molecule has 1 atom stereocenters. The molecule has 0 radical (unpaired) electrons. The minimum atomic E-state index is -0.614. The second-order valence-corrected chi connectivity index (χ2v) is 5.72. The Bertz CT molecular complexity index is 317. The predicted molar refractivity (Wildman–Crippen MR) is 64.6 cm³/mol. The number of hydrogen-bond acceptors (Lipinski definition) is 3. The highest BCUT2D eigenvalue weighted by atomic mass is 16.5. The van der Waals surface area contributed by atoms with Crippen LogP contribution in [0.3, 0.4) is 0 Å². The fraction of sp³-hybridized carbons (Fsp3) is 0.857. The van der Waals surface area contributed by atoms with E-state index in [1.807, 2.05) is 6.26 Å². The molecule has 2 aliphatic heterocycles. The predicted octanol–water partition coefficient (Wildman–Crippen LogP) is 2.39. The van der Waals surface area contributed by atoms with Crippen LogP contribution in [0.2, 0.25) is 0 Å². The van der Waals surface area contributed by atoms with E-state index in [1.165, 1.54) is 0 Å². The molecule has 1 aliphatic carbocycles. The molecule has 0 bridgehead atoms. The summed E-state index contributed by atoms with van der Waals surface area (Å²) in [6.07, 6.45) is 9.06. The van der Waals surface area contributed by atoms with Crippen LogP contribution in [0, 0.1) is 5.41 Å². The van der Waals surface area contributed by atoms with Crippen molar-refractivity contribution < 1.29 is 14.6 Å². The number of aliphatic hydroxyl groups is 1. The fourth-order valence-electron chi connectivity index (χ4n) is 3.95. The van der Waals surface area contributed by atoms with Crippen molar-refractivity contribution >= 4 is 0 Å². The molecule has 1 saturated heterocycles. The van der Waals surface area contributed by atoms with Crippen LogP contribution in [0.15, 0.2) is 11.8 Å². The van der Waals surface area contributed by atoms with Crippen molar-refractivity contribution in [1.82, 2.24) is 0 Å². The molecule has 0 amide bonds. The van der Waals surface area contributed by atoms with E-state index in [1.54, 1.807) is 0 Å². The van der Waals surface area contributed by atoms with Gasteiger partial charge >= 0.3 is 0 Å². The summed E-state index contributed by atoms with van der Waals surface area (Å²) in [5.41, 5.74) is 0.595. The summed E-state index contributed by atoms with van der Waals surface area (Å²) in [5, 5.41) is 11.2. The second kappa shape index (κ2) is 4.29. The largest absolute Gasteiger partial charge is 0.501 e. The van der Waals surface area contributed by atoms with E-state index >= 15 is 0 Å². The Balaban J connectivity index is 1.90. The van der Waals surface area contributed by atoms with Crippen LogP contribution in [-0.4, -0.2) is 30.5 Å². The first-order valence-corrected chi connectivity index (χ1v) is 6.88. The van der Waals surface area contributed by atoms with E-state index in [-0.39, 0.29) is 5.41 Å². The molecule has 17 heavy (non-hydrogen) atoms. The standard InChI is InChI=1S/C14H22O3/c15-14(12-3-1-8-17-11-12)5-2-4-13(14)6-9-16-10-7-13/h11,15H,1-10H2. The summed E-state index contributed by atoms with van der Waals surface area (Å²) < 4.78 is 10.9. The van der Waals surface area contributed by atoms with Gasteiger partial charge in [0, 0.05) is 18.6 Å². The summed E-state index contributed by atoms with van der Waals surface area (Å²) in [6.45, 7) is 2.41. The monoisotopic (exact) mass is 238 g/mol. The van der Waals surface area contributed by atoms with Crippen molar-refractivity contribution in [1.29, 1.82) is 0 Å². The lowest BCUT2D eigenvalue weighted by Gasteiger charge is -2.46. The van der Waals surface area contributed by atoms with Crippen molar-refractivity contribution in [3.05, 3.63) is 11.8 Å². The van der Waals surface area contributed by atoms with Crippen molar-refractivity contribution in [3.63, 3.8) is 0 Å². The van der Waals surface area contributed by atoms with Gasteiger partial charge in [0.15, 0.2) is 0 Å². The maximum Gasteiger partial charge on any atom is 0.0946 e. The van der Waals surface area contributed by atoms with E-state index in [2.05, 4.69) is 0 Å². The van der Waals surface area contributed by atoms with Crippen LogP contribution in [0.25, 0.3) is 0 Å². The Morgan fingerprint density at radius 3 is 2.53 bits per heavy atom. The highest BCUT2D eigenvalue weighted by molar-refractivity contribution is 5.25. The molecule has 96 valence electrons. The molecule has 1 N–H and O–H groups in total.